The highest BCUT2D eigenvalue weighted by Gasteiger charge is 2.25. The zero-order valence-corrected chi connectivity index (χ0v) is 16.9. The summed E-state index contributed by atoms with van der Waals surface area (Å²) in [5.41, 5.74) is 1.68. The maximum absolute atomic E-state index is 11.9. The number of rotatable bonds is 6. The first-order valence-corrected chi connectivity index (χ1v) is 10.2. The number of imidazole rings is 1. The van der Waals surface area contributed by atoms with Crippen LogP contribution in [0.5, 0.6) is 0 Å². The Morgan fingerprint density at radius 3 is 2.76 bits per heavy atom. The Balaban J connectivity index is 1.51. The third-order valence-corrected chi connectivity index (χ3v) is 5.24. The number of carbonyl (C=O) groups is 1. The summed E-state index contributed by atoms with van der Waals surface area (Å²) >= 11 is 0. The lowest BCUT2D eigenvalue weighted by atomic mass is 10.1. The van der Waals surface area contributed by atoms with Gasteiger partial charge in [0.1, 0.15) is 17.0 Å². The van der Waals surface area contributed by atoms with Gasteiger partial charge in [0.05, 0.1) is 13.2 Å². The number of aromatic nitrogens is 3. The minimum absolute atomic E-state index is 0.230. The predicted octanol–water partition coefficient (Wildman–Crippen LogP) is 3.67. The van der Waals surface area contributed by atoms with E-state index in [1.807, 2.05) is 31.2 Å². The minimum Gasteiger partial charge on any atom is -0.464 e. The van der Waals surface area contributed by atoms with Gasteiger partial charge in [-0.3, -0.25) is 4.57 Å². The summed E-state index contributed by atoms with van der Waals surface area (Å²) in [7, 11) is 0. The molecule has 0 saturated carbocycles. The molecule has 1 aliphatic rings. The van der Waals surface area contributed by atoms with Gasteiger partial charge in [-0.05, 0) is 44.0 Å². The molecule has 4 rings (SSSR count). The highest BCUT2D eigenvalue weighted by molar-refractivity contribution is 5.74. The molecule has 0 aromatic carbocycles. The third kappa shape index (κ3) is 4.21. The number of nitrogens with one attached hydrogen (secondary N) is 1. The summed E-state index contributed by atoms with van der Waals surface area (Å²) in [4.78, 5) is 23.0. The van der Waals surface area contributed by atoms with Crippen molar-refractivity contribution < 1.29 is 13.9 Å². The molecule has 1 fully saturated rings. The number of fused-ring (bicyclic) bond motifs is 1. The number of furan rings is 1. The third-order valence-electron chi connectivity index (χ3n) is 5.24. The molecule has 154 valence electrons. The van der Waals surface area contributed by atoms with Crippen LogP contribution in [0.25, 0.3) is 11.2 Å². The number of hydrogen-bond acceptors (Lipinski definition) is 6. The normalized spacial score (nSPS) is 15.0. The van der Waals surface area contributed by atoms with E-state index < -0.39 is 0 Å². The van der Waals surface area contributed by atoms with Crippen molar-refractivity contribution in [3.63, 3.8) is 0 Å². The number of piperidine rings is 1. The van der Waals surface area contributed by atoms with E-state index in [0.717, 1.165) is 47.9 Å². The Morgan fingerprint density at radius 1 is 1.24 bits per heavy atom. The SMILES string of the molecule is CCOC(=O)N1CCC(Nc2nc3cccnc3n2Cc2ccc(CC)o2)CC1. The molecule has 8 nitrogen and oxygen atoms in total. The molecule has 1 N–H and O–H groups in total. The van der Waals surface area contributed by atoms with Crippen LogP contribution in [0.2, 0.25) is 0 Å². The predicted molar refractivity (Wildman–Crippen MR) is 110 cm³/mol. The summed E-state index contributed by atoms with van der Waals surface area (Å²) in [5, 5.41) is 3.56. The fraction of sp³-hybridized carbons (Fsp3) is 0.476. The van der Waals surface area contributed by atoms with E-state index in [9.17, 15) is 4.79 Å². The molecule has 0 aliphatic carbocycles. The summed E-state index contributed by atoms with van der Waals surface area (Å²) in [6, 6.07) is 8.12. The maximum atomic E-state index is 11.9. The molecule has 29 heavy (non-hydrogen) atoms. The van der Waals surface area contributed by atoms with Gasteiger partial charge in [-0.1, -0.05) is 6.92 Å². The largest absolute Gasteiger partial charge is 0.464 e. The zero-order valence-electron chi connectivity index (χ0n) is 16.9. The topological polar surface area (TPSA) is 85.4 Å². The van der Waals surface area contributed by atoms with Crippen LogP contribution in [0.1, 0.15) is 38.2 Å². The quantitative estimate of drug-likeness (QED) is 0.683. The van der Waals surface area contributed by atoms with E-state index >= 15 is 0 Å². The first kappa shape index (κ1) is 19.3. The standard InChI is InChI=1S/C21H27N5O3/c1-3-16-7-8-17(29-16)14-26-19-18(6-5-11-22-19)24-20(26)23-15-9-12-25(13-10-15)21(27)28-4-2/h5-8,11,15H,3-4,9-10,12-14H2,1-2H3,(H,23,24). The fourth-order valence-corrected chi connectivity index (χ4v) is 3.68. The molecule has 8 heteroatoms. The van der Waals surface area contributed by atoms with Gasteiger partial charge in [-0.15, -0.1) is 0 Å². The van der Waals surface area contributed by atoms with E-state index in [1.54, 1.807) is 11.1 Å². The van der Waals surface area contributed by atoms with Crippen LogP contribution in [0.15, 0.2) is 34.9 Å². The van der Waals surface area contributed by atoms with E-state index in [-0.39, 0.29) is 12.1 Å². The molecule has 1 saturated heterocycles. The number of nitrogens with zero attached hydrogens (tertiary/aromatic N) is 4. The second kappa shape index (κ2) is 8.55. The molecule has 0 spiro atoms. The molecule has 0 unspecified atom stereocenters. The molecular weight excluding hydrogens is 370 g/mol. The average molecular weight is 397 g/mol. The summed E-state index contributed by atoms with van der Waals surface area (Å²) in [6.45, 7) is 6.22. The van der Waals surface area contributed by atoms with E-state index in [2.05, 4.69) is 21.8 Å². The lowest BCUT2D eigenvalue weighted by Gasteiger charge is -2.31. The van der Waals surface area contributed by atoms with E-state index in [4.69, 9.17) is 14.1 Å². The van der Waals surface area contributed by atoms with Gasteiger partial charge in [-0.2, -0.15) is 0 Å². The molecular formula is C21H27N5O3. The Bertz CT molecular complexity index is 972. The number of ether oxygens (including phenoxy) is 1. The van der Waals surface area contributed by atoms with E-state index in [1.165, 1.54) is 0 Å². The number of hydrogen-bond donors (Lipinski definition) is 1. The Kier molecular flexibility index (Phi) is 5.69. The van der Waals surface area contributed by atoms with Gasteiger partial charge in [0, 0.05) is 31.7 Å². The Morgan fingerprint density at radius 2 is 2.03 bits per heavy atom. The number of likely N-dealkylation sites (tertiary alicyclic amines) is 1. The minimum atomic E-state index is -0.230. The first-order valence-electron chi connectivity index (χ1n) is 10.2. The van der Waals surface area contributed by atoms with Gasteiger partial charge >= 0.3 is 6.09 Å². The Labute approximate surface area is 169 Å². The van der Waals surface area contributed by atoms with Crippen molar-refractivity contribution in [2.45, 2.75) is 45.7 Å². The van der Waals surface area contributed by atoms with Crippen LogP contribution in [0, 0.1) is 0 Å². The fourth-order valence-electron chi connectivity index (χ4n) is 3.68. The number of pyridine rings is 1. The highest BCUT2D eigenvalue weighted by Crippen LogP contribution is 2.23. The smallest absolute Gasteiger partial charge is 0.409 e. The van der Waals surface area contributed by atoms with Crippen LogP contribution in [0.4, 0.5) is 10.7 Å². The van der Waals surface area contributed by atoms with Crippen molar-refractivity contribution in [3.05, 3.63) is 42.0 Å². The Hall–Kier alpha value is -3.03. The van der Waals surface area contributed by atoms with Crippen LogP contribution >= 0.6 is 0 Å². The lowest BCUT2D eigenvalue weighted by molar-refractivity contribution is 0.0983. The average Bonchev–Trinajstić information content (AvgIpc) is 3.34. The van der Waals surface area contributed by atoms with Gasteiger partial charge in [0.15, 0.2) is 5.65 Å². The summed E-state index contributed by atoms with van der Waals surface area (Å²) in [5.74, 6) is 2.63. The van der Waals surface area contributed by atoms with Crippen molar-refractivity contribution in [2.24, 2.45) is 0 Å². The molecule has 1 aliphatic heterocycles. The monoisotopic (exact) mass is 397 g/mol. The molecule has 1 amide bonds. The molecule has 0 bridgehead atoms. The van der Waals surface area contributed by atoms with Crippen LogP contribution in [0.3, 0.4) is 0 Å². The number of carbonyl (C=O) groups excluding carboxylic acids is 1. The molecule has 4 heterocycles. The zero-order chi connectivity index (χ0) is 20.2. The van der Waals surface area contributed by atoms with Gasteiger partial charge in [0.2, 0.25) is 5.95 Å². The van der Waals surface area contributed by atoms with Crippen molar-refractivity contribution in [1.82, 2.24) is 19.4 Å². The number of anilines is 1. The van der Waals surface area contributed by atoms with Crippen molar-refractivity contribution >= 4 is 23.2 Å². The molecule has 0 atom stereocenters. The van der Waals surface area contributed by atoms with Crippen molar-refractivity contribution in [2.75, 3.05) is 25.0 Å². The van der Waals surface area contributed by atoms with Crippen LogP contribution in [-0.4, -0.2) is 51.3 Å². The van der Waals surface area contributed by atoms with E-state index in [0.29, 0.717) is 26.2 Å². The summed E-state index contributed by atoms with van der Waals surface area (Å²) < 4.78 is 13.1. The molecule has 3 aromatic rings. The van der Waals surface area contributed by atoms with Gasteiger partial charge in [-0.25, -0.2) is 14.8 Å². The maximum Gasteiger partial charge on any atom is 0.409 e. The number of aryl methyl sites for hydroxylation is 1. The second-order valence-electron chi connectivity index (χ2n) is 7.19. The van der Waals surface area contributed by atoms with Gasteiger partial charge < -0.3 is 19.4 Å². The molecule has 0 radical (unpaired) electrons. The van der Waals surface area contributed by atoms with Crippen molar-refractivity contribution in [3.8, 4) is 0 Å². The van der Waals surface area contributed by atoms with Crippen molar-refractivity contribution in [1.29, 1.82) is 0 Å². The first-order chi connectivity index (χ1) is 14.2. The highest BCUT2D eigenvalue weighted by atomic mass is 16.6. The van der Waals surface area contributed by atoms with Crippen LogP contribution < -0.4 is 5.32 Å². The number of amides is 1. The summed E-state index contributed by atoms with van der Waals surface area (Å²) in [6.07, 6.45) is 4.10. The second-order valence-corrected chi connectivity index (χ2v) is 7.19. The molecule has 3 aromatic heterocycles. The van der Waals surface area contributed by atoms with Gasteiger partial charge in [0.25, 0.3) is 0 Å². The van der Waals surface area contributed by atoms with Crippen LogP contribution in [-0.2, 0) is 17.7 Å². The lowest BCUT2D eigenvalue weighted by Crippen LogP contribution is -2.42.